The minimum Gasteiger partial charge on any atom is -0.548 e. The number of unbranched alkanes of at least 4 members (excludes halogenated alkanes) is 3. The van der Waals surface area contributed by atoms with Gasteiger partial charge in [-0.15, -0.1) is 0 Å². The van der Waals surface area contributed by atoms with Gasteiger partial charge in [0.1, 0.15) is 18.1 Å². The zero-order valence-electron chi connectivity index (χ0n) is 17.5. The van der Waals surface area contributed by atoms with Gasteiger partial charge in [0.2, 0.25) is 0 Å². The van der Waals surface area contributed by atoms with Crippen molar-refractivity contribution < 1.29 is 28.7 Å². The highest BCUT2D eigenvalue weighted by Gasteiger charge is 2.32. The minimum atomic E-state index is -1.44. The highest BCUT2D eigenvalue weighted by molar-refractivity contribution is 5.88. The Morgan fingerprint density at radius 2 is 1.75 bits per heavy atom. The Morgan fingerprint density at radius 3 is 2.32 bits per heavy atom. The summed E-state index contributed by atoms with van der Waals surface area (Å²) in [6.07, 6.45) is 4.49. The van der Waals surface area contributed by atoms with E-state index in [0.717, 1.165) is 12.8 Å². The third-order valence-corrected chi connectivity index (χ3v) is 4.32. The molecule has 2 atom stereocenters. The van der Waals surface area contributed by atoms with E-state index in [0.29, 0.717) is 22.6 Å². The van der Waals surface area contributed by atoms with Gasteiger partial charge in [-0.2, -0.15) is 0 Å². The van der Waals surface area contributed by atoms with Crippen molar-refractivity contribution in [2.75, 3.05) is 40.9 Å². The number of carboxylic acid groups (broad SMARTS) is 1. The SMILES string of the molecule is CCCCCCOc1cccc(OCC(=O)C(C[N+](C)(C)C)C(N)C(=O)[O-])c1. The number of ether oxygens (including phenoxy) is 2. The van der Waals surface area contributed by atoms with Crippen LogP contribution in [0.1, 0.15) is 32.6 Å². The van der Waals surface area contributed by atoms with Crippen molar-refractivity contribution in [1.29, 1.82) is 0 Å². The van der Waals surface area contributed by atoms with Crippen LogP contribution in [0.5, 0.6) is 11.5 Å². The number of carbonyl (C=O) groups excluding carboxylic acids is 2. The Morgan fingerprint density at radius 1 is 1.11 bits per heavy atom. The third-order valence-electron chi connectivity index (χ3n) is 4.32. The maximum Gasteiger partial charge on any atom is 0.180 e. The third kappa shape index (κ3) is 9.19. The number of hydrogen-bond donors (Lipinski definition) is 1. The maximum atomic E-state index is 12.6. The molecular formula is C21H34N2O5. The van der Waals surface area contributed by atoms with Crippen molar-refractivity contribution in [3.05, 3.63) is 24.3 Å². The molecule has 7 nitrogen and oxygen atoms in total. The number of nitrogens with zero attached hydrogens (tertiary/aromatic N) is 1. The second-order valence-electron chi connectivity index (χ2n) is 8.06. The number of hydrogen-bond acceptors (Lipinski definition) is 6. The zero-order chi connectivity index (χ0) is 21.2. The van der Waals surface area contributed by atoms with E-state index in [9.17, 15) is 14.7 Å². The van der Waals surface area contributed by atoms with Crippen molar-refractivity contribution in [1.82, 2.24) is 0 Å². The van der Waals surface area contributed by atoms with E-state index in [-0.39, 0.29) is 18.9 Å². The minimum absolute atomic E-state index is 0.258. The van der Waals surface area contributed by atoms with Gasteiger partial charge in [0.25, 0.3) is 0 Å². The van der Waals surface area contributed by atoms with Gasteiger partial charge in [0.05, 0.1) is 52.2 Å². The Kier molecular flexibility index (Phi) is 9.96. The molecule has 0 saturated heterocycles. The lowest BCUT2D eigenvalue weighted by Gasteiger charge is -2.31. The molecule has 1 aromatic carbocycles. The molecule has 0 saturated carbocycles. The highest BCUT2D eigenvalue weighted by atomic mass is 16.5. The molecule has 0 fully saturated rings. The second kappa shape index (κ2) is 11.7. The normalized spacial score (nSPS) is 13.6. The van der Waals surface area contributed by atoms with Crippen LogP contribution >= 0.6 is 0 Å². The number of Topliss-reactive ketones (excluding diaryl/α,β-unsaturated/α-hetero) is 1. The van der Waals surface area contributed by atoms with Crippen LogP contribution in [-0.4, -0.2) is 63.2 Å². The molecule has 1 aromatic rings. The predicted octanol–water partition coefficient (Wildman–Crippen LogP) is 0.993. The number of carbonyl (C=O) groups is 2. The molecule has 28 heavy (non-hydrogen) atoms. The van der Waals surface area contributed by atoms with Crippen LogP contribution in [0.25, 0.3) is 0 Å². The zero-order valence-corrected chi connectivity index (χ0v) is 17.5. The molecule has 0 radical (unpaired) electrons. The second-order valence-corrected chi connectivity index (χ2v) is 8.06. The van der Waals surface area contributed by atoms with E-state index in [1.54, 1.807) is 18.2 Å². The van der Waals surface area contributed by atoms with Gasteiger partial charge < -0.3 is 29.6 Å². The lowest BCUT2D eigenvalue weighted by molar-refractivity contribution is -0.872. The summed E-state index contributed by atoms with van der Waals surface area (Å²) < 4.78 is 11.7. The first kappa shape index (κ1) is 23.9. The summed E-state index contributed by atoms with van der Waals surface area (Å²) in [6, 6.07) is 5.70. The molecule has 2 N–H and O–H groups in total. The first-order valence-electron chi connectivity index (χ1n) is 9.79. The Bertz CT molecular complexity index is 627. The number of rotatable bonds is 14. The first-order chi connectivity index (χ1) is 13.1. The van der Waals surface area contributed by atoms with E-state index in [1.165, 1.54) is 12.8 Å². The topological polar surface area (TPSA) is 102 Å². The van der Waals surface area contributed by atoms with Crippen LogP contribution in [0, 0.1) is 5.92 Å². The Balaban J connectivity index is 2.63. The summed E-state index contributed by atoms with van der Waals surface area (Å²) in [6.45, 7) is 2.81. The van der Waals surface area contributed by atoms with Crippen molar-refractivity contribution in [2.45, 2.75) is 38.6 Å². The van der Waals surface area contributed by atoms with Gasteiger partial charge in [0.15, 0.2) is 5.78 Å². The summed E-state index contributed by atoms with van der Waals surface area (Å²) in [4.78, 5) is 23.7. The van der Waals surface area contributed by atoms with Crippen LogP contribution in [0.2, 0.25) is 0 Å². The fourth-order valence-electron chi connectivity index (χ4n) is 2.80. The lowest BCUT2D eigenvalue weighted by atomic mass is 9.94. The molecule has 0 bridgehead atoms. The van der Waals surface area contributed by atoms with E-state index >= 15 is 0 Å². The van der Waals surface area contributed by atoms with Crippen LogP contribution < -0.4 is 20.3 Å². The van der Waals surface area contributed by atoms with Crippen LogP contribution in [0.3, 0.4) is 0 Å². The quantitative estimate of drug-likeness (QED) is 0.373. The van der Waals surface area contributed by atoms with Gasteiger partial charge in [-0.25, -0.2) is 0 Å². The molecule has 0 aliphatic carbocycles. The molecular weight excluding hydrogens is 360 g/mol. The standard InChI is InChI=1S/C21H34N2O5/c1-5-6-7-8-12-27-16-10-9-11-17(13-16)28-15-19(24)18(14-23(2,3)4)20(22)21(25)26/h9-11,13,18,20H,5-8,12,14-15,22H2,1-4H3. The molecule has 0 heterocycles. The van der Waals surface area contributed by atoms with E-state index in [1.807, 2.05) is 27.2 Å². The number of nitrogens with two attached hydrogens (primary N) is 1. The van der Waals surface area contributed by atoms with Crippen LogP contribution in [0.15, 0.2) is 24.3 Å². The van der Waals surface area contributed by atoms with Crippen molar-refractivity contribution in [3.63, 3.8) is 0 Å². The van der Waals surface area contributed by atoms with Crippen LogP contribution in [-0.2, 0) is 9.59 Å². The van der Waals surface area contributed by atoms with Crippen molar-refractivity contribution in [3.8, 4) is 11.5 Å². The van der Waals surface area contributed by atoms with E-state index in [2.05, 4.69) is 6.92 Å². The summed E-state index contributed by atoms with van der Waals surface area (Å²) in [5, 5.41) is 11.2. The van der Waals surface area contributed by atoms with Gasteiger partial charge in [0, 0.05) is 6.07 Å². The monoisotopic (exact) mass is 394 g/mol. The predicted molar refractivity (Wildman–Crippen MR) is 106 cm³/mol. The molecule has 0 aliphatic heterocycles. The van der Waals surface area contributed by atoms with Crippen molar-refractivity contribution >= 4 is 11.8 Å². The molecule has 0 amide bonds. The molecule has 0 spiro atoms. The Labute approximate surface area is 168 Å². The molecule has 0 aromatic heterocycles. The van der Waals surface area contributed by atoms with Gasteiger partial charge >= 0.3 is 0 Å². The molecule has 1 rings (SSSR count). The van der Waals surface area contributed by atoms with Crippen LogP contribution in [0.4, 0.5) is 0 Å². The van der Waals surface area contributed by atoms with Gasteiger partial charge in [-0.3, -0.25) is 4.79 Å². The maximum absolute atomic E-state index is 12.6. The summed E-state index contributed by atoms with van der Waals surface area (Å²) in [5.74, 6) is -1.52. The number of benzene rings is 1. The lowest BCUT2D eigenvalue weighted by Crippen LogP contribution is -2.55. The Hall–Kier alpha value is -2.12. The summed E-state index contributed by atoms with van der Waals surface area (Å²) in [5.41, 5.74) is 5.68. The number of quaternary nitrogens is 1. The summed E-state index contributed by atoms with van der Waals surface area (Å²) in [7, 11) is 5.60. The largest absolute Gasteiger partial charge is 0.548 e. The molecule has 158 valence electrons. The molecule has 2 unspecified atom stereocenters. The molecule has 0 aliphatic rings. The summed E-state index contributed by atoms with van der Waals surface area (Å²) >= 11 is 0. The van der Waals surface area contributed by atoms with E-state index < -0.39 is 17.9 Å². The average Bonchev–Trinajstić information content (AvgIpc) is 2.63. The fourth-order valence-corrected chi connectivity index (χ4v) is 2.80. The number of aliphatic carboxylic acids is 1. The average molecular weight is 395 g/mol. The fraction of sp³-hybridized carbons (Fsp3) is 0.619. The highest BCUT2D eigenvalue weighted by Crippen LogP contribution is 2.20. The van der Waals surface area contributed by atoms with Crippen molar-refractivity contribution in [2.24, 2.45) is 11.7 Å². The van der Waals surface area contributed by atoms with Gasteiger partial charge in [-0.1, -0.05) is 32.3 Å². The smallest absolute Gasteiger partial charge is 0.180 e. The number of carboxylic acids is 1. The molecule has 7 heteroatoms. The van der Waals surface area contributed by atoms with Gasteiger partial charge in [-0.05, 0) is 18.6 Å². The van der Waals surface area contributed by atoms with E-state index in [4.69, 9.17) is 15.2 Å². The number of ketones is 1. The first-order valence-corrected chi connectivity index (χ1v) is 9.79.